The summed E-state index contributed by atoms with van der Waals surface area (Å²) in [6, 6.07) is 0. The molecule has 0 spiro atoms. The van der Waals surface area contributed by atoms with Gasteiger partial charge in [-0.05, 0) is 116 Å². The van der Waals surface area contributed by atoms with Gasteiger partial charge in [0, 0.05) is 25.7 Å². The molecule has 19 heteroatoms. The van der Waals surface area contributed by atoms with E-state index in [1.807, 2.05) is 0 Å². The van der Waals surface area contributed by atoms with Crippen molar-refractivity contribution >= 4 is 39.5 Å². The number of rotatable bonds is 72. The van der Waals surface area contributed by atoms with Gasteiger partial charge in [-0.15, -0.1) is 0 Å². The topological polar surface area (TPSA) is 237 Å². The Morgan fingerprint density at radius 2 is 0.551 bits per heavy atom. The van der Waals surface area contributed by atoms with E-state index in [0.717, 1.165) is 193 Å². The Morgan fingerprint density at radius 3 is 0.857 bits per heavy atom. The third-order valence-corrected chi connectivity index (χ3v) is 17.9. The van der Waals surface area contributed by atoms with E-state index in [9.17, 15) is 43.2 Å². The molecular formula is C79H138O17P2. The molecule has 0 radical (unpaired) electrons. The Balaban J connectivity index is 5.34. The van der Waals surface area contributed by atoms with Crippen LogP contribution in [0, 0.1) is 0 Å². The van der Waals surface area contributed by atoms with Crippen LogP contribution in [0.1, 0.15) is 323 Å². The number of carbonyl (C=O) groups is 4. The monoisotopic (exact) mass is 1420 g/mol. The lowest BCUT2D eigenvalue weighted by molar-refractivity contribution is -0.161. The summed E-state index contributed by atoms with van der Waals surface area (Å²) < 4.78 is 68.5. The highest BCUT2D eigenvalue weighted by atomic mass is 31.2. The lowest BCUT2D eigenvalue weighted by atomic mass is 10.0. The number of esters is 4. The van der Waals surface area contributed by atoms with Gasteiger partial charge in [0.15, 0.2) is 12.2 Å². The SMILES string of the molecule is CC/C=C\C/C=C\C/C=C\CCCCCCCCCC(=O)OCC(COP(=O)(O)OCC(O)COP(=O)(O)OCC(COC(=O)CCCCCCC/C=C\C/C=C\C/C=C\CC)OC(=O)CCCCCCC/C=C\C/C=C\CCC)OC(=O)CCCCCCCCCCCCCCC. The molecular weight excluding hydrogens is 1280 g/mol. The van der Waals surface area contributed by atoms with E-state index in [1.54, 1.807) is 0 Å². The zero-order chi connectivity index (χ0) is 71.8. The smallest absolute Gasteiger partial charge is 0.462 e. The summed E-state index contributed by atoms with van der Waals surface area (Å²) in [6.07, 6.45) is 73.9. The zero-order valence-corrected chi connectivity index (χ0v) is 63.5. The summed E-state index contributed by atoms with van der Waals surface area (Å²) in [5.74, 6) is -2.20. The maximum atomic E-state index is 13.1. The van der Waals surface area contributed by atoms with Crippen LogP contribution in [0.3, 0.4) is 0 Å². The van der Waals surface area contributed by atoms with Gasteiger partial charge in [-0.3, -0.25) is 37.3 Å². The minimum atomic E-state index is -4.98. The first kappa shape index (κ1) is 94.0. The first-order valence-electron chi connectivity index (χ1n) is 38.5. The molecule has 0 aromatic rings. The van der Waals surface area contributed by atoms with Gasteiger partial charge in [0.2, 0.25) is 0 Å². The second kappa shape index (κ2) is 71.4. The fourth-order valence-electron chi connectivity index (χ4n) is 10.2. The lowest BCUT2D eigenvalue weighted by Gasteiger charge is -2.21. The van der Waals surface area contributed by atoms with E-state index in [4.69, 9.17) is 37.0 Å². The van der Waals surface area contributed by atoms with Crippen molar-refractivity contribution in [2.45, 2.75) is 341 Å². The van der Waals surface area contributed by atoms with E-state index in [-0.39, 0.29) is 25.7 Å². The summed E-state index contributed by atoms with van der Waals surface area (Å²) in [5, 5.41) is 10.6. The number of hydrogen-bond acceptors (Lipinski definition) is 15. The van der Waals surface area contributed by atoms with Gasteiger partial charge >= 0.3 is 39.5 Å². The molecule has 0 bridgehead atoms. The van der Waals surface area contributed by atoms with Crippen molar-refractivity contribution in [2.24, 2.45) is 0 Å². The summed E-state index contributed by atoms with van der Waals surface area (Å²) >= 11 is 0. The van der Waals surface area contributed by atoms with Crippen LogP contribution in [0.4, 0.5) is 0 Å². The van der Waals surface area contributed by atoms with Crippen LogP contribution in [0.25, 0.3) is 0 Å². The molecule has 0 fully saturated rings. The molecule has 0 aliphatic carbocycles. The highest BCUT2D eigenvalue weighted by Crippen LogP contribution is 2.45. The fraction of sp³-hybridized carbons (Fsp3) is 0.747. The highest BCUT2D eigenvalue weighted by molar-refractivity contribution is 7.47. The summed E-state index contributed by atoms with van der Waals surface area (Å²) in [4.78, 5) is 72.9. The van der Waals surface area contributed by atoms with Crippen molar-refractivity contribution in [2.75, 3.05) is 39.6 Å². The van der Waals surface area contributed by atoms with Gasteiger partial charge in [-0.25, -0.2) is 9.13 Å². The number of phosphoric ester groups is 2. The molecule has 0 aromatic carbocycles. The minimum absolute atomic E-state index is 0.0751. The number of allylic oxidation sites excluding steroid dienone is 16. The number of hydrogen-bond donors (Lipinski definition) is 3. The molecule has 17 nitrogen and oxygen atoms in total. The van der Waals surface area contributed by atoms with Gasteiger partial charge in [-0.2, -0.15) is 0 Å². The summed E-state index contributed by atoms with van der Waals surface area (Å²) in [5.41, 5.74) is 0. The second-order valence-corrected chi connectivity index (χ2v) is 28.4. The average molecular weight is 1420 g/mol. The van der Waals surface area contributed by atoms with E-state index in [0.29, 0.717) is 25.7 Å². The van der Waals surface area contributed by atoms with Crippen molar-refractivity contribution in [3.63, 3.8) is 0 Å². The predicted molar refractivity (Wildman–Crippen MR) is 399 cm³/mol. The molecule has 0 heterocycles. The maximum absolute atomic E-state index is 13.1. The second-order valence-electron chi connectivity index (χ2n) is 25.5. The Labute approximate surface area is 595 Å². The Morgan fingerprint density at radius 1 is 0.296 bits per heavy atom. The van der Waals surface area contributed by atoms with Gasteiger partial charge in [-0.1, -0.05) is 279 Å². The summed E-state index contributed by atoms with van der Waals surface area (Å²) in [7, 11) is -9.95. The van der Waals surface area contributed by atoms with Crippen LogP contribution < -0.4 is 0 Å². The molecule has 3 N–H and O–H groups in total. The molecule has 0 aliphatic rings. The Kier molecular flexibility index (Phi) is 68.4. The molecule has 0 saturated heterocycles. The van der Waals surface area contributed by atoms with E-state index >= 15 is 0 Å². The molecule has 0 saturated carbocycles. The van der Waals surface area contributed by atoms with Gasteiger partial charge < -0.3 is 33.8 Å². The van der Waals surface area contributed by atoms with Crippen molar-refractivity contribution in [1.29, 1.82) is 0 Å². The normalized spacial score (nSPS) is 14.5. The molecule has 5 atom stereocenters. The average Bonchev–Trinajstić information content (AvgIpc) is 0.969. The Bertz CT molecular complexity index is 2240. The molecule has 0 aromatic heterocycles. The number of aliphatic hydroxyl groups is 1. The number of carbonyl (C=O) groups excluding carboxylic acids is 4. The number of unbranched alkanes of at least 4 members (excludes halogenated alkanes) is 30. The number of aliphatic hydroxyl groups excluding tert-OH is 1. The van der Waals surface area contributed by atoms with Crippen LogP contribution in [0.2, 0.25) is 0 Å². The van der Waals surface area contributed by atoms with Crippen molar-refractivity contribution in [3.8, 4) is 0 Å². The van der Waals surface area contributed by atoms with Crippen molar-refractivity contribution < 1.29 is 80.2 Å². The van der Waals surface area contributed by atoms with E-state index in [2.05, 4.69) is 125 Å². The van der Waals surface area contributed by atoms with Gasteiger partial charge in [0.05, 0.1) is 26.4 Å². The van der Waals surface area contributed by atoms with Crippen LogP contribution in [-0.4, -0.2) is 96.7 Å². The van der Waals surface area contributed by atoms with Crippen LogP contribution >= 0.6 is 15.6 Å². The van der Waals surface area contributed by atoms with Crippen LogP contribution in [-0.2, 0) is 65.4 Å². The lowest BCUT2D eigenvalue weighted by Crippen LogP contribution is -2.30. The zero-order valence-electron chi connectivity index (χ0n) is 61.7. The Hall–Kier alpha value is -4.02. The summed E-state index contributed by atoms with van der Waals surface area (Å²) in [6.45, 7) is 4.57. The number of phosphoric acid groups is 2. The first-order chi connectivity index (χ1) is 47.7. The molecule has 5 unspecified atom stereocenters. The molecule has 0 aliphatic heterocycles. The maximum Gasteiger partial charge on any atom is 0.472 e. The quantitative estimate of drug-likeness (QED) is 0.0169. The predicted octanol–water partition coefficient (Wildman–Crippen LogP) is 22.0. The standard InChI is InChI=1S/C79H138O17P2/c1-5-9-13-17-21-25-29-33-35-36-38-42-44-48-52-56-60-64-77(82)90-70-75(96-79(84)66-62-58-54-50-46-40-32-28-24-20-16-12-8-4)72-94-98(87,88)92-68-73(80)67-91-97(85,86)93-71-74(95-78(83)65-61-57-53-49-45-39-31-27-23-19-15-11-7-3)69-89-76(81)63-59-55-51-47-43-41-37-34-30-26-22-18-14-10-6-2/h9-10,13-15,19,21-22,25-27,31,33-35,37,73-75,80H,5-8,11-12,16-18,20,23-24,28-30,32,36,38-72H2,1-4H3,(H,85,86)(H,87,88)/b13-9-,14-10-,19-15-,25-21-,26-22-,31-27-,35-33-,37-34-. The van der Waals surface area contributed by atoms with Crippen molar-refractivity contribution in [3.05, 3.63) is 97.2 Å². The van der Waals surface area contributed by atoms with E-state index in [1.165, 1.54) is 51.4 Å². The third kappa shape index (κ3) is 70.4. The third-order valence-electron chi connectivity index (χ3n) is 16.0. The fourth-order valence-corrected chi connectivity index (χ4v) is 11.8. The van der Waals surface area contributed by atoms with Gasteiger partial charge in [0.25, 0.3) is 0 Å². The first-order valence-corrected chi connectivity index (χ1v) is 41.5. The van der Waals surface area contributed by atoms with E-state index < -0.39 is 97.5 Å². The van der Waals surface area contributed by atoms with Crippen LogP contribution in [0.15, 0.2) is 97.2 Å². The minimum Gasteiger partial charge on any atom is -0.462 e. The highest BCUT2D eigenvalue weighted by Gasteiger charge is 2.30. The van der Waals surface area contributed by atoms with Crippen molar-refractivity contribution in [1.82, 2.24) is 0 Å². The largest absolute Gasteiger partial charge is 0.472 e. The molecule has 98 heavy (non-hydrogen) atoms. The van der Waals surface area contributed by atoms with Crippen LogP contribution in [0.5, 0.6) is 0 Å². The molecule has 0 amide bonds. The number of ether oxygens (including phenoxy) is 4. The molecule has 0 rings (SSSR count). The van der Waals surface area contributed by atoms with Gasteiger partial charge in [0.1, 0.15) is 19.3 Å². The molecule has 566 valence electrons.